The van der Waals surface area contributed by atoms with Gasteiger partial charge in [-0.3, -0.25) is 10.1 Å². The summed E-state index contributed by atoms with van der Waals surface area (Å²) in [6.07, 6.45) is 0. The van der Waals surface area contributed by atoms with Crippen LogP contribution in [0.2, 0.25) is 0 Å². The Morgan fingerprint density at radius 3 is 2.65 bits per heavy atom. The second-order valence-corrected chi connectivity index (χ2v) is 4.33. The molecule has 2 aromatic rings. The van der Waals surface area contributed by atoms with Crippen LogP contribution in [-0.2, 0) is 0 Å². The Bertz CT molecular complexity index is 656. The average molecular weight is 273 g/mol. The van der Waals surface area contributed by atoms with E-state index in [9.17, 15) is 9.90 Å². The normalized spacial score (nSPS) is 10.2. The monoisotopic (exact) mass is 273 g/mol. The molecule has 0 spiro atoms. The Kier molecular flexibility index (Phi) is 3.84. The number of nitrogens with zero attached hydrogens (tertiary/aromatic N) is 2. The standard InChI is InChI=1S/C14H15N3O3/c1-8-4-5-10(7-11(8)18)13(19)17-14-15-9(2)6-12(16-14)20-3/h4-7,18H,1-3H3,(H,15,16,17,19). The van der Waals surface area contributed by atoms with Crippen molar-refractivity contribution in [3.05, 3.63) is 41.1 Å². The number of hydrogen-bond acceptors (Lipinski definition) is 5. The van der Waals surface area contributed by atoms with Gasteiger partial charge in [-0.25, -0.2) is 4.98 Å². The van der Waals surface area contributed by atoms with Crippen LogP contribution in [0.25, 0.3) is 0 Å². The van der Waals surface area contributed by atoms with Crippen molar-refractivity contribution in [3.63, 3.8) is 0 Å². The second kappa shape index (κ2) is 5.56. The summed E-state index contributed by atoms with van der Waals surface area (Å²) >= 11 is 0. The lowest BCUT2D eigenvalue weighted by atomic mass is 10.1. The fourth-order valence-corrected chi connectivity index (χ4v) is 1.62. The van der Waals surface area contributed by atoms with Crippen LogP contribution in [-0.4, -0.2) is 28.1 Å². The van der Waals surface area contributed by atoms with Gasteiger partial charge in [-0.1, -0.05) is 6.07 Å². The largest absolute Gasteiger partial charge is 0.508 e. The average Bonchev–Trinajstić information content (AvgIpc) is 2.41. The van der Waals surface area contributed by atoms with E-state index < -0.39 is 5.91 Å². The Morgan fingerprint density at radius 1 is 1.25 bits per heavy atom. The van der Waals surface area contributed by atoms with Crippen molar-refractivity contribution < 1.29 is 14.6 Å². The number of nitrogens with one attached hydrogen (secondary N) is 1. The zero-order chi connectivity index (χ0) is 14.7. The van der Waals surface area contributed by atoms with Gasteiger partial charge in [-0.2, -0.15) is 4.98 Å². The molecule has 1 amide bonds. The van der Waals surface area contributed by atoms with Crippen LogP contribution in [0.3, 0.4) is 0 Å². The maximum absolute atomic E-state index is 12.0. The third-order valence-corrected chi connectivity index (χ3v) is 2.74. The summed E-state index contributed by atoms with van der Waals surface area (Å²) in [5, 5.41) is 12.2. The van der Waals surface area contributed by atoms with Crippen LogP contribution in [0.5, 0.6) is 11.6 Å². The summed E-state index contributed by atoms with van der Waals surface area (Å²) < 4.78 is 5.02. The maximum atomic E-state index is 12.0. The Hall–Kier alpha value is -2.63. The van der Waals surface area contributed by atoms with Gasteiger partial charge >= 0.3 is 0 Å². The summed E-state index contributed by atoms with van der Waals surface area (Å²) in [4.78, 5) is 20.2. The van der Waals surface area contributed by atoms with E-state index in [-0.39, 0.29) is 11.7 Å². The van der Waals surface area contributed by atoms with Crippen molar-refractivity contribution in [2.75, 3.05) is 12.4 Å². The molecule has 0 unspecified atom stereocenters. The van der Waals surface area contributed by atoms with E-state index >= 15 is 0 Å². The number of methoxy groups -OCH3 is 1. The Labute approximate surface area is 116 Å². The number of aryl methyl sites for hydroxylation is 2. The van der Waals surface area contributed by atoms with Gasteiger partial charge in [0.2, 0.25) is 11.8 Å². The predicted octanol–water partition coefficient (Wildman–Crippen LogP) is 2.06. The summed E-state index contributed by atoms with van der Waals surface area (Å²) in [7, 11) is 1.49. The van der Waals surface area contributed by atoms with Crippen molar-refractivity contribution in [2.24, 2.45) is 0 Å². The number of benzene rings is 1. The second-order valence-electron chi connectivity index (χ2n) is 4.33. The fourth-order valence-electron chi connectivity index (χ4n) is 1.62. The van der Waals surface area contributed by atoms with Gasteiger partial charge in [-0.15, -0.1) is 0 Å². The molecule has 0 fully saturated rings. The molecule has 2 N–H and O–H groups in total. The SMILES string of the molecule is COc1cc(C)nc(NC(=O)c2ccc(C)c(O)c2)n1. The maximum Gasteiger partial charge on any atom is 0.258 e. The first-order valence-corrected chi connectivity index (χ1v) is 6.00. The first-order chi connectivity index (χ1) is 9.49. The van der Waals surface area contributed by atoms with Gasteiger partial charge in [-0.05, 0) is 31.5 Å². The smallest absolute Gasteiger partial charge is 0.258 e. The molecule has 0 aliphatic heterocycles. The lowest BCUT2D eigenvalue weighted by Crippen LogP contribution is -2.14. The molecule has 0 saturated carbocycles. The van der Waals surface area contributed by atoms with Crippen molar-refractivity contribution in [1.82, 2.24) is 9.97 Å². The molecule has 0 aliphatic carbocycles. The van der Waals surface area contributed by atoms with Crippen LogP contribution in [0.4, 0.5) is 5.95 Å². The Morgan fingerprint density at radius 2 is 2.00 bits per heavy atom. The molecule has 1 heterocycles. The molecular formula is C14H15N3O3. The van der Waals surface area contributed by atoms with E-state index in [1.54, 1.807) is 32.0 Å². The summed E-state index contributed by atoms with van der Waals surface area (Å²) in [5.41, 5.74) is 1.71. The van der Waals surface area contributed by atoms with Gasteiger partial charge in [0.25, 0.3) is 5.91 Å². The molecule has 6 heteroatoms. The first kappa shape index (κ1) is 13.8. The van der Waals surface area contributed by atoms with Gasteiger partial charge in [0.05, 0.1) is 7.11 Å². The highest BCUT2D eigenvalue weighted by atomic mass is 16.5. The molecule has 1 aromatic heterocycles. The quantitative estimate of drug-likeness (QED) is 0.894. The lowest BCUT2D eigenvalue weighted by molar-refractivity contribution is 0.102. The molecule has 0 atom stereocenters. The highest BCUT2D eigenvalue weighted by Gasteiger charge is 2.11. The zero-order valence-corrected chi connectivity index (χ0v) is 11.5. The van der Waals surface area contributed by atoms with Crippen molar-refractivity contribution >= 4 is 11.9 Å². The number of carbonyl (C=O) groups excluding carboxylic acids is 1. The first-order valence-electron chi connectivity index (χ1n) is 6.00. The van der Waals surface area contributed by atoms with E-state index in [4.69, 9.17) is 4.74 Å². The predicted molar refractivity (Wildman–Crippen MR) is 74.1 cm³/mol. The molecule has 104 valence electrons. The fraction of sp³-hybridized carbons (Fsp3) is 0.214. The number of hydrogen-bond donors (Lipinski definition) is 2. The minimum Gasteiger partial charge on any atom is -0.508 e. The number of anilines is 1. The molecule has 0 aliphatic rings. The summed E-state index contributed by atoms with van der Waals surface area (Å²) in [6.45, 7) is 3.53. The van der Waals surface area contributed by atoms with E-state index in [2.05, 4.69) is 15.3 Å². The van der Waals surface area contributed by atoms with E-state index in [1.807, 2.05) is 0 Å². The van der Waals surface area contributed by atoms with Gasteiger partial charge in [0, 0.05) is 17.3 Å². The van der Waals surface area contributed by atoms with Crippen LogP contribution < -0.4 is 10.1 Å². The minimum absolute atomic E-state index is 0.0698. The van der Waals surface area contributed by atoms with Crippen molar-refractivity contribution in [3.8, 4) is 11.6 Å². The number of ether oxygens (including phenoxy) is 1. The molecule has 6 nitrogen and oxygen atoms in total. The number of amides is 1. The Balaban J connectivity index is 2.23. The molecular weight excluding hydrogens is 258 g/mol. The summed E-state index contributed by atoms with van der Waals surface area (Å²) in [6, 6.07) is 6.35. The lowest BCUT2D eigenvalue weighted by Gasteiger charge is -2.07. The number of carbonyl (C=O) groups is 1. The van der Waals surface area contributed by atoms with E-state index in [0.717, 1.165) is 0 Å². The molecule has 2 rings (SSSR count). The molecule has 1 aromatic carbocycles. The van der Waals surface area contributed by atoms with E-state index in [1.165, 1.54) is 13.2 Å². The van der Waals surface area contributed by atoms with Crippen molar-refractivity contribution in [2.45, 2.75) is 13.8 Å². The third-order valence-electron chi connectivity index (χ3n) is 2.74. The van der Waals surface area contributed by atoms with Gasteiger partial charge < -0.3 is 9.84 Å². The minimum atomic E-state index is -0.395. The van der Waals surface area contributed by atoms with E-state index in [0.29, 0.717) is 22.7 Å². The van der Waals surface area contributed by atoms with Gasteiger partial charge in [0.1, 0.15) is 5.75 Å². The van der Waals surface area contributed by atoms with Crippen molar-refractivity contribution in [1.29, 1.82) is 0 Å². The number of rotatable bonds is 3. The van der Waals surface area contributed by atoms with Crippen LogP contribution in [0.15, 0.2) is 24.3 Å². The van der Waals surface area contributed by atoms with Crippen LogP contribution >= 0.6 is 0 Å². The number of phenols is 1. The van der Waals surface area contributed by atoms with Gasteiger partial charge in [0.15, 0.2) is 0 Å². The third kappa shape index (κ3) is 3.03. The molecule has 20 heavy (non-hydrogen) atoms. The van der Waals surface area contributed by atoms with Crippen LogP contribution in [0.1, 0.15) is 21.6 Å². The number of aromatic nitrogens is 2. The molecule has 0 bridgehead atoms. The van der Waals surface area contributed by atoms with Crippen LogP contribution in [0, 0.1) is 13.8 Å². The number of phenolic OH excluding ortho intramolecular Hbond substituents is 1. The molecule has 0 radical (unpaired) electrons. The number of aromatic hydroxyl groups is 1. The summed E-state index contributed by atoms with van der Waals surface area (Å²) in [5.74, 6) is 0.208. The zero-order valence-electron chi connectivity index (χ0n) is 11.5. The highest BCUT2D eigenvalue weighted by molar-refractivity contribution is 6.03. The molecule has 0 saturated heterocycles. The topological polar surface area (TPSA) is 84.3 Å². The highest BCUT2D eigenvalue weighted by Crippen LogP contribution is 2.18.